The van der Waals surface area contributed by atoms with Gasteiger partial charge in [-0.3, -0.25) is 0 Å². The van der Waals surface area contributed by atoms with Crippen LogP contribution in [0, 0.1) is 6.92 Å². The van der Waals surface area contributed by atoms with Gasteiger partial charge >= 0.3 is 6.18 Å². The number of aryl methyl sites for hydroxylation is 1. The second kappa shape index (κ2) is 8.22. The molecule has 3 rings (SSSR count). The SMILES string of the molecule is Cc1cc(Nc2nc(N(C)C)cc(C(F)(F)F)n2)ccc1OC1CCOCC1. The van der Waals surface area contributed by atoms with E-state index in [9.17, 15) is 13.2 Å². The fourth-order valence-electron chi connectivity index (χ4n) is 2.83. The highest BCUT2D eigenvalue weighted by molar-refractivity contribution is 5.58. The maximum atomic E-state index is 13.1. The summed E-state index contributed by atoms with van der Waals surface area (Å²) < 4.78 is 50.7. The van der Waals surface area contributed by atoms with Gasteiger partial charge in [0.1, 0.15) is 17.7 Å². The van der Waals surface area contributed by atoms with E-state index in [1.165, 1.54) is 4.90 Å². The average Bonchev–Trinajstić information content (AvgIpc) is 2.64. The van der Waals surface area contributed by atoms with Gasteiger partial charge in [-0.25, -0.2) is 4.98 Å². The topological polar surface area (TPSA) is 59.5 Å². The van der Waals surface area contributed by atoms with Gasteiger partial charge in [0.2, 0.25) is 5.95 Å². The Morgan fingerprint density at radius 1 is 1.14 bits per heavy atom. The van der Waals surface area contributed by atoms with Crippen molar-refractivity contribution in [3.8, 4) is 5.75 Å². The van der Waals surface area contributed by atoms with Crippen LogP contribution in [0.15, 0.2) is 24.3 Å². The standard InChI is InChI=1S/C19H23F3N4O2/c1-12-10-13(4-5-15(12)28-14-6-8-27-9-7-14)23-18-24-16(19(20,21)22)11-17(25-18)26(2)3/h4-5,10-11,14H,6-9H2,1-3H3,(H,23,24,25). The molecule has 1 N–H and O–H groups in total. The molecule has 0 spiro atoms. The maximum absolute atomic E-state index is 13.1. The molecule has 28 heavy (non-hydrogen) atoms. The Kier molecular flexibility index (Phi) is 5.93. The minimum absolute atomic E-state index is 0.112. The van der Waals surface area contributed by atoms with Crippen LogP contribution in [0.3, 0.4) is 0 Å². The smallest absolute Gasteiger partial charge is 0.433 e. The van der Waals surface area contributed by atoms with Crippen LogP contribution in [0.5, 0.6) is 5.75 Å². The molecular weight excluding hydrogens is 373 g/mol. The van der Waals surface area contributed by atoms with E-state index in [1.807, 2.05) is 6.92 Å². The molecule has 0 bridgehead atoms. The molecule has 0 aliphatic carbocycles. The number of benzene rings is 1. The van der Waals surface area contributed by atoms with Gasteiger partial charge in [-0.1, -0.05) is 0 Å². The Morgan fingerprint density at radius 2 is 1.86 bits per heavy atom. The predicted octanol–water partition coefficient (Wildman–Crippen LogP) is 4.17. The number of aromatic nitrogens is 2. The Bertz CT molecular complexity index is 821. The molecule has 1 aliphatic rings. The zero-order chi connectivity index (χ0) is 20.3. The molecule has 1 aromatic heterocycles. The minimum atomic E-state index is -4.55. The van der Waals surface area contributed by atoms with Crippen molar-refractivity contribution < 1.29 is 22.6 Å². The molecule has 152 valence electrons. The van der Waals surface area contributed by atoms with Gasteiger partial charge in [0.25, 0.3) is 0 Å². The summed E-state index contributed by atoms with van der Waals surface area (Å²) in [4.78, 5) is 9.25. The Morgan fingerprint density at radius 3 is 2.46 bits per heavy atom. The molecule has 1 saturated heterocycles. The van der Waals surface area contributed by atoms with Crippen molar-refractivity contribution in [1.82, 2.24) is 9.97 Å². The van der Waals surface area contributed by atoms with Crippen LogP contribution in [-0.4, -0.2) is 43.4 Å². The second-order valence-corrected chi connectivity index (χ2v) is 6.86. The summed E-state index contributed by atoms with van der Waals surface area (Å²) in [6.45, 7) is 3.26. The summed E-state index contributed by atoms with van der Waals surface area (Å²) in [6.07, 6.45) is -2.77. The summed E-state index contributed by atoms with van der Waals surface area (Å²) in [7, 11) is 3.25. The molecule has 0 radical (unpaired) electrons. The summed E-state index contributed by atoms with van der Waals surface area (Å²) in [6, 6.07) is 6.25. The fourth-order valence-corrected chi connectivity index (χ4v) is 2.83. The molecule has 0 unspecified atom stereocenters. The van der Waals surface area contributed by atoms with Gasteiger partial charge in [-0.2, -0.15) is 18.2 Å². The molecule has 2 heterocycles. The third-order valence-electron chi connectivity index (χ3n) is 4.35. The minimum Gasteiger partial charge on any atom is -0.490 e. The van der Waals surface area contributed by atoms with Crippen LogP contribution in [0.1, 0.15) is 24.1 Å². The largest absolute Gasteiger partial charge is 0.490 e. The summed E-state index contributed by atoms with van der Waals surface area (Å²) in [5, 5.41) is 2.86. The first-order valence-electron chi connectivity index (χ1n) is 8.98. The lowest BCUT2D eigenvalue weighted by molar-refractivity contribution is -0.141. The first-order chi connectivity index (χ1) is 13.2. The highest BCUT2D eigenvalue weighted by Gasteiger charge is 2.34. The van der Waals surface area contributed by atoms with Gasteiger partial charge in [0, 0.05) is 38.7 Å². The van der Waals surface area contributed by atoms with E-state index in [0.717, 1.165) is 30.2 Å². The number of hydrogen-bond donors (Lipinski definition) is 1. The molecule has 2 aromatic rings. The van der Waals surface area contributed by atoms with Crippen LogP contribution in [0.25, 0.3) is 0 Å². The molecule has 1 aromatic carbocycles. The van der Waals surface area contributed by atoms with Gasteiger partial charge in [-0.05, 0) is 30.7 Å². The average molecular weight is 396 g/mol. The quantitative estimate of drug-likeness (QED) is 0.819. The lowest BCUT2D eigenvalue weighted by Crippen LogP contribution is -2.26. The Hall–Kier alpha value is -2.55. The fraction of sp³-hybridized carbons (Fsp3) is 0.474. The van der Waals surface area contributed by atoms with E-state index in [4.69, 9.17) is 9.47 Å². The van der Waals surface area contributed by atoms with E-state index in [-0.39, 0.29) is 17.9 Å². The van der Waals surface area contributed by atoms with Crippen molar-refractivity contribution in [2.24, 2.45) is 0 Å². The molecule has 1 aliphatic heterocycles. The highest BCUT2D eigenvalue weighted by Crippen LogP contribution is 2.31. The normalized spacial score (nSPS) is 15.4. The zero-order valence-corrected chi connectivity index (χ0v) is 16.0. The molecule has 1 fully saturated rings. The number of rotatable bonds is 5. The molecule has 6 nitrogen and oxygen atoms in total. The van der Waals surface area contributed by atoms with E-state index in [2.05, 4.69) is 15.3 Å². The van der Waals surface area contributed by atoms with Crippen molar-refractivity contribution in [3.05, 3.63) is 35.5 Å². The third kappa shape index (κ3) is 5.03. The van der Waals surface area contributed by atoms with Crippen LogP contribution in [0.4, 0.5) is 30.6 Å². The highest BCUT2D eigenvalue weighted by atomic mass is 19.4. The maximum Gasteiger partial charge on any atom is 0.433 e. The van der Waals surface area contributed by atoms with Crippen molar-refractivity contribution in [2.45, 2.75) is 32.0 Å². The first kappa shape index (κ1) is 20.2. The van der Waals surface area contributed by atoms with Crippen LogP contribution >= 0.6 is 0 Å². The molecule has 9 heteroatoms. The van der Waals surface area contributed by atoms with E-state index < -0.39 is 11.9 Å². The number of hydrogen-bond acceptors (Lipinski definition) is 6. The molecular formula is C19H23F3N4O2. The number of nitrogens with one attached hydrogen (secondary N) is 1. The van der Waals surface area contributed by atoms with Gasteiger partial charge in [-0.15, -0.1) is 0 Å². The monoisotopic (exact) mass is 396 g/mol. The van der Waals surface area contributed by atoms with Gasteiger partial charge in [0.05, 0.1) is 13.2 Å². The van der Waals surface area contributed by atoms with Crippen molar-refractivity contribution in [2.75, 3.05) is 37.5 Å². The van der Waals surface area contributed by atoms with Gasteiger partial charge in [0.15, 0.2) is 5.69 Å². The van der Waals surface area contributed by atoms with Crippen molar-refractivity contribution in [3.63, 3.8) is 0 Å². The summed E-state index contributed by atoms with van der Waals surface area (Å²) in [5.74, 6) is 0.799. The van der Waals surface area contributed by atoms with E-state index >= 15 is 0 Å². The van der Waals surface area contributed by atoms with Crippen LogP contribution < -0.4 is 15.0 Å². The van der Waals surface area contributed by atoms with E-state index in [0.29, 0.717) is 18.9 Å². The molecule has 0 saturated carbocycles. The lowest BCUT2D eigenvalue weighted by Gasteiger charge is -2.24. The van der Waals surface area contributed by atoms with Crippen molar-refractivity contribution >= 4 is 17.5 Å². The van der Waals surface area contributed by atoms with E-state index in [1.54, 1.807) is 32.3 Å². The second-order valence-electron chi connectivity index (χ2n) is 6.86. The summed E-state index contributed by atoms with van der Waals surface area (Å²) in [5.41, 5.74) is 0.460. The Labute approximate surface area is 161 Å². The lowest BCUT2D eigenvalue weighted by atomic mass is 10.1. The summed E-state index contributed by atoms with van der Waals surface area (Å²) >= 11 is 0. The number of nitrogens with zero attached hydrogens (tertiary/aromatic N) is 3. The van der Waals surface area contributed by atoms with Crippen LogP contribution in [-0.2, 0) is 10.9 Å². The number of halogens is 3. The van der Waals surface area contributed by atoms with Crippen LogP contribution in [0.2, 0.25) is 0 Å². The number of anilines is 3. The predicted molar refractivity (Wildman–Crippen MR) is 100 cm³/mol. The molecule has 0 atom stereocenters. The number of ether oxygens (including phenoxy) is 2. The van der Waals surface area contributed by atoms with Crippen molar-refractivity contribution in [1.29, 1.82) is 0 Å². The van der Waals surface area contributed by atoms with Gasteiger partial charge < -0.3 is 19.7 Å². The molecule has 0 amide bonds. The zero-order valence-electron chi connectivity index (χ0n) is 16.0. The third-order valence-corrected chi connectivity index (χ3v) is 4.35. The first-order valence-corrected chi connectivity index (χ1v) is 8.98. The Balaban J connectivity index is 1.79. The number of alkyl halides is 3.